The van der Waals surface area contributed by atoms with E-state index in [1.54, 1.807) is 11.3 Å². The lowest BCUT2D eigenvalue weighted by Gasteiger charge is -2.33. The van der Waals surface area contributed by atoms with Crippen molar-refractivity contribution in [2.45, 2.75) is 40.3 Å². The molecule has 160 valence electrons. The number of carbonyl (C=O) groups excluding carboxylic acids is 1. The van der Waals surface area contributed by atoms with Gasteiger partial charge in [0.1, 0.15) is 5.76 Å². The van der Waals surface area contributed by atoms with Gasteiger partial charge in [-0.15, -0.1) is 11.3 Å². The molecule has 0 atom stereocenters. The Labute approximate surface area is 182 Å². The summed E-state index contributed by atoms with van der Waals surface area (Å²) in [5.74, 6) is 1.08. The summed E-state index contributed by atoms with van der Waals surface area (Å²) >= 11 is 1.79. The predicted molar refractivity (Wildman–Crippen MR) is 119 cm³/mol. The number of piperazine rings is 1. The van der Waals surface area contributed by atoms with E-state index in [9.17, 15) is 4.79 Å². The zero-order chi connectivity index (χ0) is 21.1. The predicted octanol–water partition coefficient (Wildman–Crippen LogP) is 3.71. The molecule has 4 rings (SSSR count). The molecule has 1 aliphatic heterocycles. The third-order valence-electron chi connectivity index (χ3n) is 5.93. The molecule has 1 aliphatic rings. The first-order valence-electron chi connectivity index (χ1n) is 10.6. The molecule has 0 unspecified atom stereocenters. The van der Waals surface area contributed by atoms with Crippen LogP contribution in [0.2, 0.25) is 0 Å². The highest BCUT2D eigenvalue weighted by Crippen LogP contribution is 2.19. The van der Waals surface area contributed by atoms with Gasteiger partial charge in [-0.05, 0) is 44.7 Å². The van der Waals surface area contributed by atoms with Crippen molar-refractivity contribution in [3.8, 4) is 0 Å². The summed E-state index contributed by atoms with van der Waals surface area (Å²) in [4.78, 5) is 19.0. The van der Waals surface area contributed by atoms with Gasteiger partial charge in [0.2, 0.25) is 0 Å². The molecule has 4 heterocycles. The summed E-state index contributed by atoms with van der Waals surface area (Å²) in [5.41, 5.74) is 4.11. The molecule has 6 nitrogen and oxygen atoms in total. The van der Waals surface area contributed by atoms with Crippen LogP contribution in [0.3, 0.4) is 0 Å². The molecule has 1 fully saturated rings. The lowest BCUT2D eigenvalue weighted by Crippen LogP contribution is -2.47. The van der Waals surface area contributed by atoms with Crippen LogP contribution >= 0.6 is 11.3 Å². The van der Waals surface area contributed by atoms with Gasteiger partial charge in [-0.25, -0.2) is 0 Å². The first-order valence-corrected chi connectivity index (χ1v) is 11.5. The first kappa shape index (κ1) is 21.0. The standard InChI is InChI=1S/C23H30N4O2S/c1-17-13-22(19(3)27(17)7-6-21-5-4-12-30-21)23(28)16-26-10-8-25(9-11-26)15-20-14-18(2)29-24-20/h4-5,12-14H,6-11,15-16H2,1-3H3. The monoisotopic (exact) mass is 426 g/mol. The van der Waals surface area contributed by atoms with Crippen molar-refractivity contribution in [3.63, 3.8) is 0 Å². The van der Waals surface area contributed by atoms with E-state index in [1.807, 2.05) is 13.0 Å². The van der Waals surface area contributed by atoms with Gasteiger partial charge in [-0.1, -0.05) is 11.2 Å². The lowest BCUT2D eigenvalue weighted by molar-refractivity contribution is 0.0840. The smallest absolute Gasteiger partial charge is 0.178 e. The molecular formula is C23H30N4O2S. The number of aromatic nitrogens is 2. The molecule has 0 saturated carbocycles. The first-order chi connectivity index (χ1) is 14.5. The van der Waals surface area contributed by atoms with Crippen LogP contribution in [0.4, 0.5) is 0 Å². The molecule has 1 saturated heterocycles. The molecule has 0 amide bonds. The molecule has 0 spiro atoms. The number of nitrogens with zero attached hydrogens (tertiary/aromatic N) is 4. The van der Waals surface area contributed by atoms with Gasteiger partial charge in [0.25, 0.3) is 0 Å². The summed E-state index contributed by atoms with van der Waals surface area (Å²) in [6.07, 6.45) is 1.01. The van der Waals surface area contributed by atoms with Crippen LogP contribution in [0.1, 0.15) is 38.1 Å². The second-order valence-electron chi connectivity index (χ2n) is 8.17. The Kier molecular flexibility index (Phi) is 6.51. The Hall–Kier alpha value is -2.22. The van der Waals surface area contributed by atoms with Crippen LogP contribution in [0, 0.1) is 20.8 Å². The van der Waals surface area contributed by atoms with Crippen molar-refractivity contribution >= 4 is 17.1 Å². The normalized spacial score (nSPS) is 15.7. The van der Waals surface area contributed by atoms with Crippen molar-refractivity contribution in [3.05, 3.63) is 62.9 Å². The van der Waals surface area contributed by atoms with E-state index in [2.05, 4.69) is 57.0 Å². The number of hydrogen-bond acceptors (Lipinski definition) is 6. The lowest BCUT2D eigenvalue weighted by atomic mass is 10.1. The number of carbonyl (C=O) groups is 1. The third kappa shape index (κ3) is 4.91. The van der Waals surface area contributed by atoms with Gasteiger partial charge in [0.15, 0.2) is 5.78 Å². The topological polar surface area (TPSA) is 54.5 Å². The molecule has 3 aromatic heterocycles. The Bertz CT molecular complexity index is 981. The summed E-state index contributed by atoms with van der Waals surface area (Å²) in [7, 11) is 0. The third-order valence-corrected chi connectivity index (χ3v) is 6.87. The summed E-state index contributed by atoms with van der Waals surface area (Å²) in [6, 6.07) is 8.32. The zero-order valence-corrected chi connectivity index (χ0v) is 18.9. The summed E-state index contributed by atoms with van der Waals surface area (Å²) < 4.78 is 7.44. The molecular weight excluding hydrogens is 396 g/mol. The van der Waals surface area contributed by atoms with E-state index in [-0.39, 0.29) is 5.78 Å². The van der Waals surface area contributed by atoms with Crippen LogP contribution < -0.4 is 0 Å². The van der Waals surface area contributed by atoms with Gasteiger partial charge in [-0.2, -0.15) is 0 Å². The quantitative estimate of drug-likeness (QED) is 0.514. The minimum atomic E-state index is 0.228. The fourth-order valence-electron chi connectivity index (χ4n) is 4.22. The Morgan fingerprint density at radius 3 is 2.57 bits per heavy atom. The Morgan fingerprint density at radius 2 is 1.90 bits per heavy atom. The van der Waals surface area contributed by atoms with Crippen LogP contribution in [0.5, 0.6) is 0 Å². The van der Waals surface area contributed by atoms with Gasteiger partial charge in [0.05, 0.1) is 12.2 Å². The Balaban J connectivity index is 1.30. The largest absolute Gasteiger partial charge is 0.361 e. The molecule has 0 aliphatic carbocycles. The number of Topliss-reactive ketones (excluding diaryl/α,β-unsaturated/α-hetero) is 1. The number of rotatable bonds is 8. The van der Waals surface area contributed by atoms with Gasteiger partial charge in [0, 0.05) is 67.2 Å². The molecule has 30 heavy (non-hydrogen) atoms. The van der Waals surface area contributed by atoms with Gasteiger partial charge in [-0.3, -0.25) is 14.6 Å². The van der Waals surface area contributed by atoms with Crippen LogP contribution in [0.25, 0.3) is 0 Å². The van der Waals surface area contributed by atoms with E-state index >= 15 is 0 Å². The molecule has 7 heteroatoms. The van der Waals surface area contributed by atoms with Crippen molar-refractivity contribution < 1.29 is 9.32 Å². The highest BCUT2D eigenvalue weighted by Gasteiger charge is 2.22. The average Bonchev–Trinajstić information content (AvgIpc) is 3.44. The highest BCUT2D eigenvalue weighted by molar-refractivity contribution is 7.09. The number of thiophene rings is 1. The van der Waals surface area contributed by atoms with Crippen molar-refractivity contribution in [1.82, 2.24) is 19.5 Å². The fraction of sp³-hybridized carbons (Fsp3) is 0.478. The molecule has 3 aromatic rings. The van der Waals surface area contributed by atoms with Crippen molar-refractivity contribution in [2.24, 2.45) is 0 Å². The minimum Gasteiger partial charge on any atom is -0.361 e. The van der Waals surface area contributed by atoms with Crippen LogP contribution in [-0.2, 0) is 19.5 Å². The number of aryl methyl sites for hydroxylation is 3. The molecule has 0 radical (unpaired) electrons. The average molecular weight is 427 g/mol. The number of ketones is 1. The maximum Gasteiger partial charge on any atom is 0.178 e. The van der Waals surface area contributed by atoms with Crippen LogP contribution in [-0.4, -0.2) is 58.0 Å². The van der Waals surface area contributed by atoms with E-state index in [4.69, 9.17) is 4.52 Å². The maximum absolute atomic E-state index is 13.0. The summed E-state index contributed by atoms with van der Waals surface area (Å²) in [6.45, 7) is 12.0. The van der Waals surface area contributed by atoms with Crippen molar-refractivity contribution in [1.29, 1.82) is 0 Å². The van der Waals surface area contributed by atoms with Gasteiger partial charge >= 0.3 is 0 Å². The summed E-state index contributed by atoms with van der Waals surface area (Å²) in [5, 5.41) is 6.20. The maximum atomic E-state index is 13.0. The molecule has 0 bridgehead atoms. The fourth-order valence-corrected chi connectivity index (χ4v) is 4.92. The SMILES string of the molecule is Cc1cc(CN2CCN(CC(=O)c3cc(C)n(CCc4cccs4)c3C)CC2)no1. The van der Waals surface area contributed by atoms with E-state index in [1.165, 1.54) is 10.6 Å². The second-order valence-corrected chi connectivity index (χ2v) is 9.20. The van der Waals surface area contributed by atoms with E-state index in [0.717, 1.165) is 68.4 Å². The van der Waals surface area contributed by atoms with Crippen LogP contribution in [0.15, 0.2) is 34.2 Å². The number of hydrogen-bond donors (Lipinski definition) is 0. The highest BCUT2D eigenvalue weighted by atomic mass is 32.1. The Morgan fingerprint density at radius 1 is 1.13 bits per heavy atom. The minimum absolute atomic E-state index is 0.228. The van der Waals surface area contributed by atoms with E-state index in [0.29, 0.717) is 6.54 Å². The zero-order valence-electron chi connectivity index (χ0n) is 18.1. The van der Waals surface area contributed by atoms with Crippen molar-refractivity contribution in [2.75, 3.05) is 32.7 Å². The molecule has 0 N–H and O–H groups in total. The second kappa shape index (κ2) is 9.29. The molecule has 0 aromatic carbocycles. The van der Waals surface area contributed by atoms with Gasteiger partial charge < -0.3 is 9.09 Å². The van der Waals surface area contributed by atoms with E-state index < -0.39 is 0 Å².